The van der Waals surface area contributed by atoms with Gasteiger partial charge >= 0.3 is 0 Å². The average molecular weight is 419 g/mol. The van der Waals surface area contributed by atoms with Gasteiger partial charge in [-0.25, -0.2) is 8.78 Å². The zero-order chi connectivity index (χ0) is 21.6. The minimum absolute atomic E-state index is 0.0878. The van der Waals surface area contributed by atoms with E-state index in [9.17, 15) is 18.4 Å². The summed E-state index contributed by atoms with van der Waals surface area (Å²) in [6.07, 6.45) is 1.60. The molecule has 150 valence electrons. The first-order chi connectivity index (χ1) is 13.7. The molecule has 0 heterocycles. The Balaban J connectivity index is 2.19. The number of amides is 2. The highest BCUT2D eigenvalue weighted by Gasteiger charge is 2.17. The van der Waals surface area contributed by atoms with E-state index in [1.54, 1.807) is 0 Å². The molecular weight excluding hydrogens is 402 g/mol. The van der Waals surface area contributed by atoms with Gasteiger partial charge in [0.1, 0.15) is 17.5 Å². The highest BCUT2D eigenvalue weighted by molar-refractivity contribution is 6.31. The zero-order valence-electron chi connectivity index (χ0n) is 15.3. The van der Waals surface area contributed by atoms with Gasteiger partial charge in [-0.2, -0.15) is 0 Å². The van der Waals surface area contributed by atoms with Crippen molar-refractivity contribution in [2.45, 2.75) is 13.3 Å². The molecule has 2 aromatic carbocycles. The molecule has 0 aromatic heterocycles. The Kier molecular flexibility index (Phi) is 7.33. The van der Waals surface area contributed by atoms with Crippen LogP contribution in [0.3, 0.4) is 0 Å². The summed E-state index contributed by atoms with van der Waals surface area (Å²) in [6.45, 7) is 1.20. The van der Waals surface area contributed by atoms with Crippen LogP contribution >= 0.6 is 11.6 Å². The fraction of sp³-hybridized carbons (Fsp3) is 0.100. The molecule has 9 heteroatoms. The van der Waals surface area contributed by atoms with Crippen molar-refractivity contribution in [3.8, 4) is 0 Å². The standard InChI is InChI=1S/C20H17ClF2N4O2/c1-12(28)27(16-6-3-5-14(22)9-16)18(25)10-15(11-24)26-19(29)8-13-4-2-7-17(23)20(13)21/h2-7,9-11,24-25H,8H2,1H3,(H,26,29)/b15-10+,24-11?,25-18?. The fourth-order valence-corrected chi connectivity index (χ4v) is 2.69. The number of allylic oxidation sites excluding steroid dienone is 1. The van der Waals surface area contributed by atoms with Crippen molar-refractivity contribution in [2.75, 3.05) is 4.90 Å². The van der Waals surface area contributed by atoms with Crippen LogP contribution in [0, 0.1) is 22.5 Å². The van der Waals surface area contributed by atoms with E-state index in [0.717, 1.165) is 29.3 Å². The molecule has 0 aliphatic heterocycles. The van der Waals surface area contributed by atoms with E-state index in [1.807, 2.05) is 0 Å². The normalized spacial score (nSPS) is 11.0. The molecule has 0 aliphatic rings. The Morgan fingerprint density at radius 1 is 1.21 bits per heavy atom. The first-order valence-corrected chi connectivity index (χ1v) is 8.70. The predicted molar refractivity (Wildman–Crippen MR) is 107 cm³/mol. The number of amidine groups is 1. The van der Waals surface area contributed by atoms with Crippen LogP contribution in [0.1, 0.15) is 12.5 Å². The van der Waals surface area contributed by atoms with Gasteiger partial charge in [0.25, 0.3) is 0 Å². The van der Waals surface area contributed by atoms with Crippen LogP contribution in [0.25, 0.3) is 0 Å². The highest BCUT2D eigenvalue weighted by atomic mass is 35.5. The smallest absolute Gasteiger partial charge is 0.229 e. The van der Waals surface area contributed by atoms with E-state index < -0.39 is 23.4 Å². The van der Waals surface area contributed by atoms with Crippen LogP contribution in [-0.4, -0.2) is 23.9 Å². The summed E-state index contributed by atoms with van der Waals surface area (Å²) in [4.78, 5) is 25.1. The SMILES string of the molecule is CC(=O)N(C(=N)/C=C(\C=N)NC(=O)Cc1cccc(F)c1Cl)c1cccc(F)c1. The van der Waals surface area contributed by atoms with E-state index in [2.05, 4.69) is 5.32 Å². The highest BCUT2D eigenvalue weighted by Crippen LogP contribution is 2.20. The molecule has 0 spiro atoms. The molecule has 2 rings (SSSR count). The van der Waals surface area contributed by atoms with Crippen molar-refractivity contribution in [1.82, 2.24) is 5.32 Å². The number of halogens is 3. The molecule has 2 amide bonds. The minimum Gasteiger partial charge on any atom is -0.324 e. The number of anilines is 1. The Labute approximate surface area is 170 Å². The van der Waals surface area contributed by atoms with Gasteiger partial charge in [0.05, 0.1) is 22.8 Å². The third-order valence-corrected chi connectivity index (χ3v) is 4.16. The van der Waals surface area contributed by atoms with Crippen LogP contribution < -0.4 is 10.2 Å². The lowest BCUT2D eigenvalue weighted by Crippen LogP contribution is -2.35. The van der Waals surface area contributed by atoms with Crippen molar-refractivity contribution in [3.05, 3.63) is 76.5 Å². The summed E-state index contributed by atoms with van der Waals surface area (Å²) in [7, 11) is 0. The van der Waals surface area contributed by atoms with Gasteiger partial charge in [0, 0.05) is 19.2 Å². The Hall–Kier alpha value is -3.39. The third kappa shape index (κ3) is 5.79. The Morgan fingerprint density at radius 2 is 1.90 bits per heavy atom. The van der Waals surface area contributed by atoms with Crippen LogP contribution in [-0.2, 0) is 16.0 Å². The van der Waals surface area contributed by atoms with E-state index in [4.69, 9.17) is 22.4 Å². The lowest BCUT2D eigenvalue weighted by atomic mass is 10.1. The quantitative estimate of drug-likeness (QED) is 0.490. The fourth-order valence-electron chi connectivity index (χ4n) is 2.49. The molecular formula is C20H17ClF2N4O2. The number of carbonyl (C=O) groups excluding carboxylic acids is 2. The summed E-state index contributed by atoms with van der Waals surface area (Å²) in [6, 6.07) is 9.18. The van der Waals surface area contributed by atoms with Crippen LogP contribution in [0.15, 0.2) is 54.2 Å². The number of nitrogens with one attached hydrogen (secondary N) is 3. The molecule has 6 nitrogen and oxygen atoms in total. The molecule has 0 radical (unpaired) electrons. The molecule has 3 N–H and O–H groups in total. The summed E-state index contributed by atoms with van der Waals surface area (Å²) >= 11 is 5.83. The number of hydrogen-bond donors (Lipinski definition) is 3. The second-order valence-corrected chi connectivity index (χ2v) is 6.28. The lowest BCUT2D eigenvalue weighted by molar-refractivity contribution is -0.119. The predicted octanol–water partition coefficient (Wildman–Crippen LogP) is 3.84. The molecule has 0 bridgehead atoms. The average Bonchev–Trinajstić information content (AvgIpc) is 2.64. The number of nitrogens with zero attached hydrogens (tertiary/aromatic N) is 1. The molecule has 0 unspecified atom stereocenters. The van der Waals surface area contributed by atoms with Gasteiger partial charge in [-0.3, -0.25) is 19.9 Å². The lowest BCUT2D eigenvalue weighted by Gasteiger charge is -2.20. The number of rotatable bonds is 6. The minimum atomic E-state index is -0.659. The first-order valence-electron chi connectivity index (χ1n) is 8.32. The summed E-state index contributed by atoms with van der Waals surface area (Å²) in [5.41, 5.74) is 0.296. The van der Waals surface area contributed by atoms with Gasteiger partial charge in [-0.05, 0) is 29.8 Å². The van der Waals surface area contributed by atoms with Crippen molar-refractivity contribution in [3.63, 3.8) is 0 Å². The van der Waals surface area contributed by atoms with E-state index >= 15 is 0 Å². The van der Waals surface area contributed by atoms with Crippen LogP contribution in [0.2, 0.25) is 5.02 Å². The number of hydrogen-bond acceptors (Lipinski definition) is 4. The third-order valence-electron chi connectivity index (χ3n) is 3.74. The molecule has 2 aromatic rings. The number of carbonyl (C=O) groups is 2. The van der Waals surface area contributed by atoms with E-state index in [0.29, 0.717) is 0 Å². The summed E-state index contributed by atoms with van der Waals surface area (Å²) < 4.78 is 26.9. The van der Waals surface area contributed by atoms with Gasteiger partial charge in [-0.15, -0.1) is 0 Å². The Morgan fingerprint density at radius 3 is 2.52 bits per heavy atom. The van der Waals surface area contributed by atoms with Gasteiger partial charge in [0.2, 0.25) is 11.8 Å². The van der Waals surface area contributed by atoms with Crippen molar-refractivity contribution in [1.29, 1.82) is 10.8 Å². The van der Waals surface area contributed by atoms with E-state index in [1.165, 1.54) is 37.3 Å². The van der Waals surface area contributed by atoms with E-state index in [-0.39, 0.29) is 34.2 Å². The van der Waals surface area contributed by atoms with Crippen molar-refractivity contribution >= 4 is 41.2 Å². The van der Waals surface area contributed by atoms with Gasteiger partial charge in [-0.1, -0.05) is 29.8 Å². The number of benzene rings is 2. The molecule has 0 saturated heterocycles. The van der Waals surface area contributed by atoms with Gasteiger partial charge in [0.15, 0.2) is 0 Å². The maximum absolute atomic E-state index is 13.5. The second-order valence-electron chi connectivity index (χ2n) is 5.90. The molecule has 29 heavy (non-hydrogen) atoms. The van der Waals surface area contributed by atoms with Crippen molar-refractivity contribution < 1.29 is 18.4 Å². The van der Waals surface area contributed by atoms with Crippen LogP contribution in [0.4, 0.5) is 14.5 Å². The molecule has 0 atom stereocenters. The monoisotopic (exact) mass is 418 g/mol. The van der Waals surface area contributed by atoms with Crippen molar-refractivity contribution in [2.24, 2.45) is 0 Å². The largest absolute Gasteiger partial charge is 0.324 e. The maximum atomic E-state index is 13.5. The Bertz CT molecular complexity index is 1010. The van der Waals surface area contributed by atoms with Crippen LogP contribution in [0.5, 0.6) is 0 Å². The summed E-state index contributed by atoms with van der Waals surface area (Å²) in [5, 5.41) is 17.8. The topological polar surface area (TPSA) is 97.1 Å². The maximum Gasteiger partial charge on any atom is 0.229 e. The zero-order valence-corrected chi connectivity index (χ0v) is 16.1. The molecule has 0 saturated carbocycles. The first kappa shape index (κ1) is 21.9. The van der Waals surface area contributed by atoms with Gasteiger partial charge < -0.3 is 10.7 Å². The molecule has 0 fully saturated rings. The second kappa shape index (κ2) is 9.70. The summed E-state index contributed by atoms with van der Waals surface area (Å²) in [5.74, 6) is -2.78. The molecule has 0 aliphatic carbocycles.